The van der Waals surface area contributed by atoms with Crippen LogP contribution in [0.1, 0.15) is 432 Å². The van der Waals surface area contributed by atoms with Crippen molar-refractivity contribution in [3.63, 3.8) is 0 Å². The summed E-state index contributed by atoms with van der Waals surface area (Å²) in [6, 6.07) is 0. The molecule has 0 aromatic rings. The first kappa shape index (κ1) is 115. The fraction of sp³-hybridized carbons (Fsp3) is 0.752. The van der Waals surface area contributed by atoms with Crippen molar-refractivity contribution in [2.75, 3.05) is 39.6 Å². The average Bonchev–Trinajstić information content (AvgIpc) is 0.900. The summed E-state index contributed by atoms with van der Waals surface area (Å²) >= 11 is 0. The summed E-state index contributed by atoms with van der Waals surface area (Å²) in [5.41, 5.74) is 0. The van der Waals surface area contributed by atoms with Crippen molar-refractivity contribution >= 4 is 33.6 Å². The molecule has 0 heterocycles. The smallest absolute Gasteiger partial charge is 0.463 e. The Balaban J connectivity index is 4.40. The predicted molar refractivity (Wildman–Crippen MR) is 500 cm³/mol. The van der Waals surface area contributed by atoms with Gasteiger partial charge in [0.15, 0.2) is 6.10 Å². The van der Waals surface area contributed by atoms with E-state index < -0.39 is 91.5 Å². The molecule has 0 bridgehead atoms. The summed E-state index contributed by atoms with van der Waals surface area (Å²) in [5.74, 6) is -1.55. The molecule has 4 N–H and O–H groups in total. The molecule has 688 valence electrons. The largest absolute Gasteiger partial charge is 0.472 e. The molecular weight excluding hydrogens is 1530 g/mol. The number of unbranched alkanes of at least 4 members (excludes halogenated alkanes) is 47. The first-order valence-electron chi connectivity index (χ1n) is 48.5. The molecule has 0 rings (SSSR count). The number of aliphatic hydroxyl groups is 2. The maximum Gasteiger partial charge on any atom is 0.472 e. The summed E-state index contributed by atoms with van der Waals surface area (Å²) < 4.78 is 61.5. The van der Waals surface area contributed by atoms with E-state index in [-0.39, 0.29) is 19.3 Å². The van der Waals surface area contributed by atoms with Crippen LogP contribution in [0, 0.1) is 0 Å². The first-order chi connectivity index (χ1) is 58.2. The van der Waals surface area contributed by atoms with Crippen LogP contribution in [0.4, 0.5) is 0 Å². The van der Waals surface area contributed by atoms with Crippen molar-refractivity contribution in [1.29, 1.82) is 0 Å². The lowest BCUT2D eigenvalue weighted by Crippen LogP contribution is -2.30. The molecule has 0 saturated carbocycles. The highest BCUT2D eigenvalue weighted by Gasteiger charge is 2.30. The number of rotatable bonds is 92. The normalized spacial score (nSPS) is 14.3. The van der Waals surface area contributed by atoms with E-state index in [1.165, 1.54) is 231 Å². The molecule has 0 radical (unpaired) electrons. The van der Waals surface area contributed by atoms with Gasteiger partial charge >= 0.3 is 33.6 Å². The van der Waals surface area contributed by atoms with Gasteiger partial charge in [-0.1, -0.05) is 431 Å². The second kappa shape index (κ2) is 92.9. The summed E-state index contributed by atoms with van der Waals surface area (Å²) in [4.78, 5) is 59.0. The number of hydrogen-bond acceptors (Lipinski definition) is 14. The summed E-state index contributed by atoms with van der Waals surface area (Å²) in [6.07, 6.45) is 117. The van der Waals surface area contributed by atoms with Crippen molar-refractivity contribution in [1.82, 2.24) is 0 Å². The minimum absolute atomic E-state index is 0.109. The molecule has 0 aromatic carbocycles. The molecule has 5 atom stereocenters. The molecule has 0 aliphatic carbocycles. The zero-order valence-electron chi connectivity index (χ0n) is 76.0. The molecule has 0 amide bonds. The van der Waals surface area contributed by atoms with Crippen LogP contribution in [0.2, 0.25) is 0 Å². The molecule has 0 saturated heterocycles. The van der Waals surface area contributed by atoms with E-state index >= 15 is 0 Å². The van der Waals surface area contributed by atoms with Gasteiger partial charge in [-0.25, -0.2) is 9.13 Å². The Morgan fingerprint density at radius 1 is 0.244 bits per heavy atom. The zero-order chi connectivity index (χ0) is 86.5. The number of esters is 3. The lowest BCUT2D eigenvalue weighted by atomic mass is 10.0. The SMILES string of the molecule is CC/C=C\C/C=C\C/C=C\C/C=C\C/C=C\C/C=C\CCCCCCCCCCCCCCCCC(=O)OCC(COP(=O)(O)OCC(O)COP(=O)(O)OCC(O)COC(=O)CCCCCCCCCCCCCCCCCCCCC/C=C\C/C=C\C/C=C\C/C=C\C/C=C\CC)OC(=O)CCCCCCCCCCCCCCCCC. The Hall–Kier alpha value is -4.31. The van der Waals surface area contributed by atoms with E-state index in [1.807, 2.05) is 0 Å². The van der Waals surface area contributed by atoms with Gasteiger partial charge in [0.2, 0.25) is 0 Å². The third kappa shape index (κ3) is 94.2. The van der Waals surface area contributed by atoms with Crippen LogP contribution in [-0.2, 0) is 55.8 Å². The van der Waals surface area contributed by atoms with Gasteiger partial charge in [0.1, 0.15) is 25.4 Å². The number of phosphoric ester groups is 2. The van der Waals surface area contributed by atoms with Crippen LogP contribution in [-0.4, -0.2) is 95.9 Å². The number of phosphoric acid groups is 2. The Morgan fingerprint density at radius 3 is 0.706 bits per heavy atom. The summed E-state index contributed by atoms with van der Waals surface area (Å²) in [7, 11) is -9.79. The number of allylic oxidation sites excluding steroid dienone is 22. The average molecular weight is 1710 g/mol. The van der Waals surface area contributed by atoms with E-state index in [1.54, 1.807) is 0 Å². The second-order valence-corrected chi connectivity index (χ2v) is 35.4. The van der Waals surface area contributed by atoms with Crippen LogP contribution >= 0.6 is 15.6 Å². The van der Waals surface area contributed by atoms with Gasteiger partial charge in [0.25, 0.3) is 0 Å². The van der Waals surface area contributed by atoms with Crippen molar-refractivity contribution in [2.45, 2.75) is 450 Å². The first-order valence-corrected chi connectivity index (χ1v) is 51.5. The molecule has 18 heteroatoms. The van der Waals surface area contributed by atoms with Crippen molar-refractivity contribution < 1.29 is 75.8 Å². The van der Waals surface area contributed by atoms with Crippen LogP contribution in [0.25, 0.3) is 0 Å². The number of carbonyl (C=O) groups is 3. The highest BCUT2D eigenvalue weighted by molar-refractivity contribution is 7.47. The van der Waals surface area contributed by atoms with Crippen LogP contribution in [0.3, 0.4) is 0 Å². The van der Waals surface area contributed by atoms with Crippen molar-refractivity contribution in [3.05, 3.63) is 134 Å². The van der Waals surface area contributed by atoms with Gasteiger partial charge in [0.05, 0.1) is 26.4 Å². The maximum absolute atomic E-state index is 13.0. The third-order valence-electron chi connectivity index (χ3n) is 20.9. The predicted octanol–water partition coefficient (Wildman–Crippen LogP) is 30.1. The van der Waals surface area contributed by atoms with Crippen molar-refractivity contribution in [3.8, 4) is 0 Å². The van der Waals surface area contributed by atoms with Crippen molar-refractivity contribution in [2.24, 2.45) is 0 Å². The highest BCUT2D eigenvalue weighted by atomic mass is 31.2. The lowest BCUT2D eigenvalue weighted by molar-refractivity contribution is -0.161. The zero-order valence-corrected chi connectivity index (χ0v) is 77.8. The van der Waals surface area contributed by atoms with E-state index in [2.05, 4.69) is 154 Å². The van der Waals surface area contributed by atoms with Gasteiger partial charge in [-0.3, -0.25) is 32.5 Å². The van der Waals surface area contributed by atoms with Gasteiger partial charge in [-0.05, 0) is 116 Å². The molecular formula is C101H178O16P2. The maximum atomic E-state index is 13.0. The molecule has 0 fully saturated rings. The lowest BCUT2D eigenvalue weighted by Gasteiger charge is -2.21. The topological polar surface area (TPSA) is 231 Å². The molecule has 0 spiro atoms. The Kier molecular flexibility index (Phi) is 89.5. The summed E-state index contributed by atoms with van der Waals surface area (Å²) in [5, 5.41) is 20.7. The van der Waals surface area contributed by atoms with Gasteiger partial charge in [-0.15, -0.1) is 0 Å². The summed E-state index contributed by atoms with van der Waals surface area (Å²) in [6.45, 7) is 2.54. The van der Waals surface area contributed by atoms with Gasteiger partial charge in [-0.2, -0.15) is 0 Å². The molecule has 16 nitrogen and oxygen atoms in total. The van der Waals surface area contributed by atoms with E-state index in [0.29, 0.717) is 19.3 Å². The van der Waals surface area contributed by atoms with Crippen LogP contribution in [0.5, 0.6) is 0 Å². The minimum Gasteiger partial charge on any atom is -0.463 e. The number of carbonyl (C=O) groups excluding carboxylic acids is 3. The highest BCUT2D eigenvalue weighted by Crippen LogP contribution is 2.45. The number of hydrogen-bond donors (Lipinski definition) is 4. The number of ether oxygens (including phenoxy) is 3. The quantitative estimate of drug-likeness (QED) is 0.0146. The van der Waals surface area contributed by atoms with E-state index in [0.717, 1.165) is 141 Å². The monoisotopic (exact) mass is 1710 g/mol. The Morgan fingerprint density at radius 2 is 0.445 bits per heavy atom. The standard InChI is InChI=1S/C101H178O16P2/c1-4-7-10-13-16-19-22-25-28-30-32-34-36-38-40-42-44-46-47-49-51-52-54-56-58-60-62-64-67-69-72-75-78-81-84-87-99(104)111-90-96(102)91-113-118(107,108)114-92-97(103)93-115-119(109,110)116-95-98(117-101(106)89-86-83-80-77-74-71-66-27-24-21-18-15-12-9-6-3)94-112-100(105)88-85-82-79-76-73-70-68-65-63-61-59-57-55-53-50-48-45-43-41-39-37-35-33-31-29-26-23-20-17-14-11-8-5-2/h7-8,10-11,16-17,19-20,25-26,28-29,32-35,38-41,45,48,96-98,102-103H,4-6,9,12-15,18,21-24,27,30-31,36-37,42-44,46-47,49-95H2,1-3H3,(H,107,108)(H,109,110)/b10-7-,11-8-,19-16-,20-17-,28-25-,29-26-,34-32-,35-33-,40-38-,41-39-,48-45-. The van der Waals surface area contributed by atoms with Gasteiger partial charge in [0, 0.05) is 19.3 Å². The van der Waals surface area contributed by atoms with Crippen LogP contribution in [0.15, 0.2) is 134 Å². The number of aliphatic hydroxyl groups excluding tert-OH is 2. The molecule has 0 aliphatic heterocycles. The minimum atomic E-state index is -4.93. The molecule has 0 aliphatic rings. The molecule has 119 heavy (non-hydrogen) atoms. The molecule has 5 unspecified atom stereocenters. The Bertz CT molecular complexity index is 2690. The van der Waals surface area contributed by atoms with Crippen LogP contribution < -0.4 is 0 Å². The Labute approximate surface area is 728 Å². The fourth-order valence-corrected chi connectivity index (χ4v) is 15.2. The fourth-order valence-electron chi connectivity index (χ4n) is 13.6. The molecule has 0 aromatic heterocycles. The van der Waals surface area contributed by atoms with Gasteiger partial charge < -0.3 is 34.2 Å². The third-order valence-corrected chi connectivity index (χ3v) is 22.8. The van der Waals surface area contributed by atoms with E-state index in [9.17, 15) is 43.5 Å². The van der Waals surface area contributed by atoms with E-state index in [4.69, 9.17) is 32.3 Å². The second-order valence-electron chi connectivity index (χ2n) is 32.5.